The van der Waals surface area contributed by atoms with Crippen molar-refractivity contribution in [1.29, 1.82) is 0 Å². The summed E-state index contributed by atoms with van der Waals surface area (Å²) in [6.07, 6.45) is 95.8. The lowest BCUT2D eigenvalue weighted by Gasteiger charge is -2.18. The molecule has 0 amide bonds. The van der Waals surface area contributed by atoms with Crippen LogP contribution in [0, 0.1) is 0 Å². The lowest BCUT2D eigenvalue weighted by atomic mass is 10.0. The van der Waals surface area contributed by atoms with E-state index in [1.54, 1.807) is 0 Å². The van der Waals surface area contributed by atoms with E-state index in [1.165, 1.54) is 205 Å². The van der Waals surface area contributed by atoms with Gasteiger partial charge in [0.05, 0.1) is 0 Å². The lowest BCUT2D eigenvalue weighted by molar-refractivity contribution is -0.167. The molecule has 478 valence electrons. The molecule has 0 aliphatic carbocycles. The third-order valence-corrected chi connectivity index (χ3v) is 15.5. The summed E-state index contributed by atoms with van der Waals surface area (Å²) < 4.78 is 17.0. The summed E-state index contributed by atoms with van der Waals surface area (Å²) >= 11 is 0. The van der Waals surface area contributed by atoms with Crippen LogP contribution in [0.25, 0.3) is 0 Å². The number of unbranched alkanes of at least 4 members (excludes halogenated alkanes) is 38. The van der Waals surface area contributed by atoms with Gasteiger partial charge in [-0.1, -0.05) is 311 Å². The molecular weight excluding hydrogens is 1020 g/mol. The van der Waals surface area contributed by atoms with Crippen molar-refractivity contribution >= 4 is 17.9 Å². The minimum Gasteiger partial charge on any atom is -0.462 e. The average Bonchev–Trinajstić information content (AvgIpc) is 3.50. The molecule has 0 rings (SSSR count). The highest BCUT2D eigenvalue weighted by Crippen LogP contribution is 2.17. The van der Waals surface area contributed by atoms with Crippen molar-refractivity contribution in [3.63, 3.8) is 0 Å². The van der Waals surface area contributed by atoms with Crippen molar-refractivity contribution < 1.29 is 28.6 Å². The Kier molecular flexibility index (Phi) is 67.7. The van der Waals surface area contributed by atoms with Crippen LogP contribution in [0.2, 0.25) is 0 Å². The number of hydrogen-bond acceptors (Lipinski definition) is 6. The topological polar surface area (TPSA) is 78.9 Å². The summed E-state index contributed by atoms with van der Waals surface area (Å²) in [4.78, 5) is 38.5. The highest BCUT2D eigenvalue weighted by molar-refractivity contribution is 5.71. The molecule has 0 saturated carbocycles. The summed E-state index contributed by atoms with van der Waals surface area (Å²) in [7, 11) is 0. The molecule has 0 fully saturated rings. The zero-order valence-corrected chi connectivity index (χ0v) is 54.9. The first-order valence-corrected chi connectivity index (χ1v) is 35.7. The van der Waals surface area contributed by atoms with Gasteiger partial charge >= 0.3 is 17.9 Å². The van der Waals surface area contributed by atoms with Crippen LogP contribution in [0.15, 0.2) is 97.2 Å². The van der Waals surface area contributed by atoms with Gasteiger partial charge in [-0.2, -0.15) is 0 Å². The van der Waals surface area contributed by atoms with Gasteiger partial charge in [0.2, 0.25) is 0 Å². The maximum absolute atomic E-state index is 13.0. The van der Waals surface area contributed by atoms with E-state index in [1.807, 2.05) is 0 Å². The Morgan fingerprint density at radius 3 is 0.759 bits per heavy atom. The van der Waals surface area contributed by atoms with Gasteiger partial charge in [0.15, 0.2) is 6.10 Å². The van der Waals surface area contributed by atoms with Crippen molar-refractivity contribution in [2.75, 3.05) is 13.2 Å². The lowest BCUT2D eigenvalue weighted by Crippen LogP contribution is -2.30. The number of carbonyl (C=O) groups is 3. The molecule has 0 bridgehead atoms. The zero-order chi connectivity index (χ0) is 59.9. The molecular formula is C77H134O6. The predicted octanol–water partition coefficient (Wildman–Crippen LogP) is 24.8. The molecule has 6 nitrogen and oxygen atoms in total. The predicted molar refractivity (Wildman–Crippen MR) is 362 cm³/mol. The SMILES string of the molecule is CC/C=C\C/C=C\C/C=C\C/C=C\CCCCCCC(=O)OCC(COC(=O)CCCCCCCCCCCCCCCCCCC/C=C\C/C=C\CCCCCCC)OC(=O)CCCCCCCCCCC/C=C\C/C=C\CCCCC. The summed E-state index contributed by atoms with van der Waals surface area (Å²) in [6, 6.07) is 0. The Balaban J connectivity index is 4.30. The van der Waals surface area contributed by atoms with E-state index in [9.17, 15) is 14.4 Å². The molecule has 0 saturated heterocycles. The van der Waals surface area contributed by atoms with Crippen molar-refractivity contribution in [3.8, 4) is 0 Å². The minimum absolute atomic E-state index is 0.0850. The molecule has 0 aliphatic rings. The fourth-order valence-electron chi connectivity index (χ4n) is 10.2. The van der Waals surface area contributed by atoms with Gasteiger partial charge < -0.3 is 14.2 Å². The Labute approximate surface area is 515 Å². The van der Waals surface area contributed by atoms with E-state index in [4.69, 9.17) is 14.2 Å². The van der Waals surface area contributed by atoms with Crippen molar-refractivity contribution in [2.24, 2.45) is 0 Å². The number of allylic oxidation sites excluding steroid dienone is 16. The second kappa shape index (κ2) is 70.8. The van der Waals surface area contributed by atoms with Crippen LogP contribution in [0.1, 0.15) is 355 Å². The van der Waals surface area contributed by atoms with Crippen LogP contribution >= 0.6 is 0 Å². The second-order valence-corrected chi connectivity index (χ2v) is 23.8. The van der Waals surface area contributed by atoms with Crippen LogP contribution in [0.4, 0.5) is 0 Å². The van der Waals surface area contributed by atoms with Gasteiger partial charge in [-0.3, -0.25) is 14.4 Å². The van der Waals surface area contributed by atoms with E-state index in [0.29, 0.717) is 19.3 Å². The Bertz CT molecular complexity index is 1610. The first kappa shape index (κ1) is 79.3. The zero-order valence-electron chi connectivity index (χ0n) is 54.9. The van der Waals surface area contributed by atoms with Crippen LogP contribution in [0.3, 0.4) is 0 Å². The van der Waals surface area contributed by atoms with Gasteiger partial charge in [0.1, 0.15) is 13.2 Å². The summed E-state index contributed by atoms with van der Waals surface area (Å²) in [5, 5.41) is 0. The second-order valence-electron chi connectivity index (χ2n) is 23.8. The van der Waals surface area contributed by atoms with Gasteiger partial charge in [-0.15, -0.1) is 0 Å². The maximum Gasteiger partial charge on any atom is 0.306 e. The number of ether oxygens (including phenoxy) is 3. The van der Waals surface area contributed by atoms with E-state index >= 15 is 0 Å². The monoisotopic (exact) mass is 1160 g/mol. The Morgan fingerprint density at radius 1 is 0.253 bits per heavy atom. The number of rotatable bonds is 65. The van der Waals surface area contributed by atoms with Gasteiger partial charge in [0.25, 0.3) is 0 Å². The van der Waals surface area contributed by atoms with Gasteiger partial charge in [0, 0.05) is 19.3 Å². The van der Waals surface area contributed by atoms with Gasteiger partial charge in [-0.25, -0.2) is 0 Å². The van der Waals surface area contributed by atoms with Crippen LogP contribution in [-0.4, -0.2) is 37.2 Å². The summed E-state index contributed by atoms with van der Waals surface area (Å²) in [5.74, 6) is -0.898. The van der Waals surface area contributed by atoms with Crippen molar-refractivity contribution in [3.05, 3.63) is 97.2 Å². The van der Waals surface area contributed by atoms with E-state index in [0.717, 1.165) is 109 Å². The molecule has 6 heteroatoms. The smallest absolute Gasteiger partial charge is 0.306 e. The highest BCUT2D eigenvalue weighted by Gasteiger charge is 2.19. The molecule has 1 unspecified atom stereocenters. The fraction of sp³-hybridized carbons (Fsp3) is 0.753. The first-order chi connectivity index (χ1) is 41.0. The standard InChI is InChI=1S/C77H134O6/c1-4-7-10-13-16-19-22-25-28-31-33-34-35-36-37-38-39-40-41-42-44-46-49-52-55-58-61-64-67-70-76(79)82-73-74(72-81-75(78)69-66-63-60-57-54-51-48-45-30-27-24-21-18-15-12-9-6-3)83-77(80)71-68-65-62-59-56-53-50-47-43-32-29-26-23-20-17-14-11-8-5-2/h9,12,17-18,20-22,25-27,29-31,33,48,51,74H,4-8,10-11,13-16,19,23-24,28,32,34-47,49-50,52-73H2,1-3H3/b12-9-,20-17-,21-18-,25-22-,29-26-,30-27-,33-31-,51-48-. The molecule has 0 N–H and O–H groups in total. The molecule has 0 heterocycles. The molecule has 0 radical (unpaired) electrons. The molecule has 0 aliphatic heterocycles. The summed E-state index contributed by atoms with van der Waals surface area (Å²) in [6.45, 7) is 6.51. The maximum atomic E-state index is 13.0. The largest absolute Gasteiger partial charge is 0.462 e. The third-order valence-electron chi connectivity index (χ3n) is 15.5. The number of esters is 3. The Hall–Kier alpha value is -3.67. The normalized spacial score (nSPS) is 12.7. The van der Waals surface area contributed by atoms with Crippen LogP contribution in [0.5, 0.6) is 0 Å². The molecule has 1 atom stereocenters. The van der Waals surface area contributed by atoms with Crippen LogP contribution < -0.4 is 0 Å². The molecule has 0 aromatic carbocycles. The quantitative estimate of drug-likeness (QED) is 0.0261. The van der Waals surface area contributed by atoms with Crippen LogP contribution in [-0.2, 0) is 28.6 Å². The van der Waals surface area contributed by atoms with E-state index in [-0.39, 0.29) is 31.1 Å². The first-order valence-electron chi connectivity index (χ1n) is 35.7. The fourth-order valence-corrected chi connectivity index (χ4v) is 10.2. The Morgan fingerprint density at radius 2 is 0.470 bits per heavy atom. The van der Waals surface area contributed by atoms with Crippen molar-refractivity contribution in [1.82, 2.24) is 0 Å². The number of hydrogen-bond donors (Lipinski definition) is 0. The van der Waals surface area contributed by atoms with E-state index in [2.05, 4.69) is 118 Å². The third kappa shape index (κ3) is 69.0. The summed E-state index contributed by atoms with van der Waals surface area (Å²) in [5.41, 5.74) is 0. The molecule has 83 heavy (non-hydrogen) atoms. The van der Waals surface area contributed by atoms with Gasteiger partial charge in [-0.05, 0) is 122 Å². The molecule has 0 spiro atoms. The van der Waals surface area contributed by atoms with Crippen molar-refractivity contribution in [2.45, 2.75) is 361 Å². The minimum atomic E-state index is -0.792. The number of carbonyl (C=O) groups excluding carboxylic acids is 3. The highest BCUT2D eigenvalue weighted by atomic mass is 16.6. The average molecular weight is 1160 g/mol. The van der Waals surface area contributed by atoms with E-state index < -0.39 is 6.10 Å². The molecule has 0 aromatic rings. The molecule has 0 aromatic heterocycles.